The van der Waals surface area contributed by atoms with E-state index in [-0.39, 0.29) is 17.4 Å². The molecule has 0 radical (unpaired) electrons. The van der Waals surface area contributed by atoms with Gasteiger partial charge in [-0.05, 0) is 100 Å². The second-order valence-corrected chi connectivity index (χ2v) is 11.7. The summed E-state index contributed by atoms with van der Waals surface area (Å²) >= 11 is 0. The third-order valence-corrected chi connectivity index (χ3v) is 8.98. The number of H-pyrrole nitrogens is 1. The number of imidazole rings is 1. The van der Waals surface area contributed by atoms with Crippen molar-refractivity contribution >= 4 is 17.6 Å². The van der Waals surface area contributed by atoms with Crippen molar-refractivity contribution in [1.82, 2.24) is 9.97 Å². The van der Waals surface area contributed by atoms with Gasteiger partial charge in [0.05, 0.1) is 30.6 Å². The molecular formula is C30H37N3O4. The van der Waals surface area contributed by atoms with Crippen molar-refractivity contribution in [2.45, 2.75) is 82.3 Å². The minimum absolute atomic E-state index is 0.0468. The van der Waals surface area contributed by atoms with Crippen molar-refractivity contribution in [2.24, 2.45) is 17.8 Å². The summed E-state index contributed by atoms with van der Waals surface area (Å²) in [5, 5.41) is 2.94. The molecule has 1 amide bonds. The highest BCUT2D eigenvalue weighted by atomic mass is 16.5. The maximum atomic E-state index is 13.5. The first-order chi connectivity index (χ1) is 18.0. The van der Waals surface area contributed by atoms with Crippen LogP contribution in [0, 0.1) is 17.8 Å². The molecule has 1 aromatic carbocycles. The van der Waals surface area contributed by atoms with Gasteiger partial charge in [-0.1, -0.05) is 18.2 Å². The molecule has 4 fully saturated rings. The molecule has 2 N–H and O–H groups in total. The van der Waals surface area contributed by atoms with Gasteiger partial charge >= 0.3 is 5.97 Å². The van der Waals surface area contributed by atoms with E-state index >= 15 is 0 Å². The number of amides is 1. The Morgan fingerprint density at radius 2 is 1.73 bits per heavy atom. The van der Waals surface area contributed by atoms with Crippen LogP contribution in [0.25, 0.3) is 0 Å². The van der Waals surface area contributed by atoms with Gasteiger partial charge in [0, 0.05) is 11.6 Å². The molecule has 0 saturated heterocycles. The largest absolute Gasteiger partial charge is 0.465 e. The van der Waals surface area contributed by atoms with Crippen molar-refractivity contribution in [1.29, 1.82) is 0 Å². The van der Waals surface area contributed by atoms with Crippen LogP contribution in [0.15, 0.2) is 36.4 Å². The number of aromatic nitrogens is 2. The Morgan fingerprint density at radius 1 is 1.05 bits per heavy atom. The number of allylic oxidation sites excluding steroid dienone is 2. The summed E-state index contributed by atoms with van der Waals surface area (Å²) in [6.45, 7) is 0.370. The van der Waals surface area contributed by atoms with Gasteiger partial charge in [0.25, 0.3) is 5.91 Å². The third-order valence-electron chi connectivity index (χ3n) is 8.98. The Hall–Kier alpha value is -2.93. The molecule has 7 nitrogen and oxygen atoms in total. The van der Waals surface area contributed by atoms with E-state index < -0.39 is 5.97 Å². The molecule has 5 aliphatic rings. The van der Waals surface area contributed by atoms with Crippen LogP contribution in [0.5, 0.6) is 0 Å². The quantitative estimate of drug-likeness (QED) is 0.349. The van der Waals surface area contributed by atoms with E-state index in [1.165, 1.54) is 26.4 Å². The third kappa shape index (κ3) is 5.11. The standard InChI is InChI=1S/C30H37N3O4/c1-36-29(35)23-9-6-10-24(14-23)31-28(34)26-25(32-27(33-26)22-7-4-2-3-5-8-22)18-37-30-15-19-11-20(16-30)13-21(12-19)17-30/h2-3,6,9-10,14,19-22H,4-5,7-8,11-13,15-18H2,1H3,(H,31,34)(H,32,33). The van der Waals surface area contributed by atoms with Gasteiger partial charge in [0.15, 0.2) is 5.69 Å². The van der Waals surface area contributed by atoms with Gasteiger partial charge in [-0.15, -0.1) is 0 Å². The summed E-state index contributed by atoms with van der Waals surface area (Å²) in [5.41, 5.74) is 2.02. The highest BCUT2D eigenvalue weighted by Crippen LogP contribution is 2.57. The number of esters is 1. The molecule has 37 heavy (non-hydrogen) atoms. The van der Waals surface area contributed by atoms with Gasteiger partial charge in [-0.3, -0.25) is 4.79 Å². The molecule has 196 valence electrons. The van der Waals surface area contributed by atoms with Crippen molar-refractivity contribution in [3.8, 4) is 0 Å². The highest BCUT2D eigenvalue weighted by molar-refractivity contribution is 6.04. The molecule has 4 bridgehead atoms. The predicted molar refractivity (Wildman–Crippen MR) is 140 cm³/mol. The van der Waals surface area contributed by atoms with E-state index in [1.807, 2.05) is 0 Å². The maximum absolute atomic E-state index is 13.5. The fourth-order valence-corrected chi connectivity index (χ4v) is 7.63. The first-order valence-electron chi connectivity index (χ1n) is 13.9. The van der Waals surface area contributed by atoms with Crippen molar-refractivity contribution in [2.75, 3.05) is 12.4 Å². The number of nitrogens with zero attached hydrogens (tertiary/aromatic N) is 1. The Bertz CT molecular complexity index is 1150. The minimum atomic E-state index is -0.440. The van der Waals surface area contributed by atoms with E-state index in [4.69, 9.17) is 14.5 Å². The van der Waals surface area contributed by atoms with Crippen LogP contribution < -0.4 is 5.32 Å². The monoisotopic (exact) mass is 503 g/mol. The normalized spacial score (nSPS) is 28.7. The second kappa shape index (κ2) is 10.1. The number of nitrogens with one attached hydrogen (secondary N) is 2. The summed E-state index contributed by atoms with van der Waals surface area (Å²) in [4.78, 5) is 33.8. The van der Waals surface area contributed by atoms with Gasteiger partial charge < -0.3 is 19.8 Å². The average Bonchev–Trinajstić information content (AvgIpc) is 3.12. The van der Waals surface area contributed by atoms with Crippen LogP contribution in [0.3, 0.4) is 0 Å². The molecule has 1 heterocycles. The lowest BCUT2D eigenvalue weighted by Gasteiger charge is -2.56. The highest BCUT2D eigenvalue weighted by Gasteiger charge is 2.51. The van der Waals surface area contributed by atoms with Crippen molar-refractivity contribution in [3.05, 3.63) is 59.2 Å². The van der Waals surface area contributed by atoms with Crippen LogP contribution in [0.4, 0.5) is 5.69 Å². The van der Waals surface area contributed by atoms with Crippen molar-refractivity contribution in [3.63, 3.8) is 0 Å². The molecule has 0 spiro atoms. The first kappa shape index (κ1) is 24.4. The number of hydrogen-bond acceptors (Lipinski definition) is 5. The number of anilines is 1. The fraction of sp³-hybridized carbons (Fsp3) is 0.567. The molecule has 5 aliphatic carbocycles. The zero-order valence-electron chi connectivity index (χ0n) is 21.6. The second-order valence-electron chi connectivity index (χ2n) is 11.7. The summed E-state index contributed by atoms with van der Waals surface area (Å²) in [6, 6.07) is 6.78. The molecular weight excluding hydrogens is 466 g/mol. The average molecular weight is 504 g/mol. The van der Waals surface area contributed by atoms with E-state index in [1.54, 1.807) is 24.3 Å². The van der Waals surface area contributed by atoms with Crippen LogP contribution >= 0.6 is 0 Å². The van der Waals surface area contributed by atoms with E-state index in [0.717, 1.165) is 74.2 Å². The number of hydrogen-bond donors (Lipinski definition) is 2. The number of aromatic amines is 1. The summed E-state index contributed by atoms with van der Waals surface area (Å²) in [7, 11) is 1.35. The summed E-state index contributed by atoms with van der Waals surface area (Å²) in [6.07, 6.45) is 16.1. The van der Waals surface area contributed by atoms with Crippen LogP contribution in [-0.2, 0) is 16.1 Å². The number of carbonyl (C=O) groups excluding carboxylic acids is 2. The summed E-state index contributed by atoms with van der Waals surface area (Å²) in [5.74, 6) is 2.83. The smallest absolute Gasteiger partial charge is 0.337 e. The topological polar surface area (TPSA) is 93.3 Å². The molecule has 1 aromatic heterocycles. The maximum Gasteiger partial charge on any atom is 0.337 e. The number of methoxy groups -OCH3 is 1. The van der Waals surface area contributed by atoms with E-state index in [0.29, 0.717) is 23.6 Å². The number of ether oxygens (including phenoxy) is 2. The Morgan fingerprint density at radius 3 is 2.38 bits per heavy atom. The number of benzene rings is 1. The minimum Gasteiger partial charge on any atom is -0.465 e. The van der Waals surface area contributed by atoms with Crippen LogP contribution in [-0.4, -0.2) is 34.6 Å². The molecule has 0 atom stereocenters. The predicted octanol–water partition coefficient (Wildman–Crippen LogP) is 6.15. The number of rotatable bonds is 7. The lowest BCUT2D eigenvalue weighted by Crippen LogP contribution is -2.51. The van der Waals surface area contributed by atoms with E-state index in [2.05, 4.69) is 22.5 Å². The van der Waals surface area contributed by atoms with E-state index in [9.17, 15) is 9.59 Å². The first-order valence-corrected chi connectivity index (χ1v) is 13.9. The molecule has 7 rings (SSSR count). The molecule has 0 aliphatic heterocycles. The summed E-state index contributed by atoms with van der Waals surface area (Å²) < 4.78 is 11.6. The zero-order chi connectivity index (χ0) is 25.4. The zero-order valence-corrected chi connectivity index (χ0v) is 21.6. The molecule has 7 heteroatoms. The van der Waals surface area contributed by atoms with Crippen molar-refractivity contribution < 1.29 is 19.1 Å². The van der Waals surface area contributed by atoms with Crippen LogP contribution in [0.2, 0.25) is 0 Å². The SMILES string of the molecule is COC(=O)c1cccc(NC(=O)c2nc(C3CCC=CCC3)[nH]c2COC23CC4CC(CC(C4)C2)C3)c1. The Balaban J connectivity index is 1.24. The van der Waals surface area contributed by atoms with Gasteiger partial charge in [0.1, 0.15) is 5.82 Å². The van der Waals surface area contributed by atoms with Gasteiger partial charge in [-0.2, -0.15) is 0 Å². The van der Waals surface area contributed by atoms with Gasteiger partial charge in [0.2, 0.25) is 0 Å². The lowest BCUT2D eigenvalue weighted by molar-refractivity contribution is -0.169. The number of carbonyl (C=O) groups is 2. The Labute approximate surface area is 218 Å². The Kier molecular flexibility index (Phi) is 6.65. The molecule has 4 saturated carbocycles. The molecule has 2 aromatic rings. The van der Waals surface area contributed by atoms with Crippen LogP contribution in [0.1, 0.15) is 102 Å². The lowest BCUT2D eigenvalue weighted by atomic mass is 9.54. The fourth-order valence-electron chi connectivity index (χ4n) is 7.63. The molecule has 0 unspecified atom stereocenters. The van der Waals surface area contributed by atoms with Gasteiger partial charge in [-0.25, -0.2) is 9.78 Å².